The van der Waals surface area contributed by atoms with Gasteiger partial charge in [-0.1, -0.05) is 37.6 Å². The number of benzene rings is 2. The van der Waals surface area contributed by atoms with Gasteiger partial charge in [-0.25, -0.2) is 0 Å². The average molecular weight is 452 g/mol. The second kappa shape index (κ2) is 6.70. The van der Waals surface area contributed by atoms with E-state index in [9.17, 15) is 35.0 Å². The van der Waals surface area contributed by atoms with Crippen LogP contribution in [0.4, 0.5) is 5.69 Å². The number of amides is 1. The molecule has 0 saturated carbocycles. The van der Waals surface area contributed by atoms with E-state index in [-0.39, 0.29) is 40.3 Å². The molecule has 2 aromatic carbocycles. The van der Waals surface area contributed by atoms with Gasteiger partial charge in [-0.3, -0.25) is 19.7 Å². The highest BCUT2D eigenvalue weighted by Gasteiger charge is 2.84. The van der Waals surface area contributed by atoms with Gasteiger partial charge in [-0.2, -0.15) is 0 Å². The summed E-state index contributed by atoms with van der Waals surface area (Å²) in [6.07, 6.45) is 1.07. The summed E-state index contributed by atoms with van der Waals surface area (Å²) in [4.78, 5) is 37.8. The van der Waals surface area contributed by atoms with Crippen molar-refractivity contribution in [3.63, 3.8) is 0 Å². The number of rotatable bonds is 5. The van der Waals surface area contributed by atoms with Gasteiger partial charge in [-0.05, 0) is 18.6 Å². The molecule has 1 spiro atoms. The molecule has 5 rings (SSSR count). The Labute approximate surface area is 187 Å². The Kier molecular flexibility index (Phi) is 4.32. The molecule has 1 amide bonds. The van der Waals surface area contributed by atoms with Crippen LogP contribution in [0.3, 0.4) is 0 Å². The van der Waals surface area contributed by atoms with Crippen LogP contribution in [0, 0.1) is 10.1 Å². The van der Waals surface area contributed by atoms with Crippen LogP contribution < -0.4 is 0 Å². The van der Waals surface area contributed by atoms with E-state index >= 15 is 0 Å². The minimum absolute atomic E-state index is 0.00779. The topological polar surface area (TPSA) is 150 Å². The number of fused-ring (bicyclic) bond motifs is 2. The number of nitrogens with zero attached hydrogens (tertiary/aromatic N) is 2. The van der Waals surface area contributed by atoms with Crippen molar-refractivity contribution in [1.29, 1.82) is 0 Å². The number of carbonyl (C=O) groups is 2. The molecule has 2 atom stereocenters. The van der Waals surface area contributed by atoms with Crippen LogP contribution in [0.2, 0.25) is 0 Å². The number of hydrogen-bond acceptors (Lipinski definition) is 8. The largest absolute Gasteiger partial charge is 0.454 e. The minimum Gasteiger partial charge on any atom is -0.454 e. The molecule has 2 aromatic rings. The minimum atomic E-state index is -2.86. The van der Waals surface area contributed by atoms with E-state index in [1.165, 1.54) is 42.5 Å². The number of nitro benzene ring substituents is 1. The third kappa shape index (κ3) is 2.32. The summed E-state index contributed by atoms with van der Waals surface area (Å²) in [6, 6.07) is 10.9. The van der Waals surface area contributed by atoms with Gasteiger partial charge in [0.2, 0.25) is 11.3 Å². The lowest BCUT2D eigenvalue weighted by Gasteiger charge is -2.45. The van der Waals surface area contributed by atoms with Crippen molar-refractivity contribution >= 4 is 23.1 Å². The van der Waals surface area contributed by atoms with Gasteiger partial charge < -0.3 is 25.0 Å². The van der Waals surface area contributed by atoms with Crippen molar-refractivity contribution < 1.29 is 34.6 Å². The standard InChI is InChI=1S/C23H20N2O8/c1-2-3-12-24-20(27)18(26)17-19(13-8-10-14(11-9-13)25(31)32)33-23(30)16-7-5-4-6-15(16)22(28,29)21(17,23)24/h4-11,28-30H,2-3,12H2,1H3/t21-,23-/m1/s1. The smallest absolute Gasteiger partial charge is 0.296 e. The number of Topliss-reactive ketones (excluding diaryl/α,β-unsaturated/α-hetero) is 1. The lowest BCUT2D eigenvalue weighted by atomic mass is 9.78. The monoisotopic (exact) mass is 452 g/mol. The van der Waals surface area contributed by atoms with Crippen LogP contribution in [-0.2, 0) is 25.9 Å². The Morgan fingerprint density at radius 1 is 1.03 bits per heavy atom. The Hall–Kier alpha value is -3.60. The molecule has 0 aromatic heterocycles. The SMILES string of the molecule is CCCCN1C(=O)C(=O)C2=C(c3ccc([N+](=O)[O-])cc3)O[C@]3(O)c4ccccc4C(O)(O)[C@@]213. The fraction of sp³-hybridized carbons (Fsp3) is 0.304. The zero-order valence-corrected chi connectivity index (χ0v) is 17.5. The van der Waals surface area contributed by atoms with E-state index in [0.717, 1.165) is 4.90 Å². The fourth-order valence-electron chi connectivity index (χ4n) is 5.22. The van der Waals surface area contributed by atoms with Gasteiger partial charge in [0, 0.05) is 35.4 Å². The van der Waals surface area contributed by atoms with Crippen LogP contribution in [0.25, 0.3) is 5.76 Å². The maximum atomic E-state index is 13.3. The maximum absolute atomic E-state index is 13.3. The molecule has 1 saturated heterocycles. The first kappa shape index (κ1) is 21.3. The second-order valence-electron chi connectivity index (χ2n) is 8.32. The molecule has 2 heterocycles. The number of carbonyl (C=O) groups excluding carboxylic acids is 2. The van der Waals surface area contributed by atoms with Crippen LogP contribution in [0.5, 0.6) is 0 Å². The maximum Gasteiger partial charge on any atom is 0.296 e. The molecule has 1 fully saturated rings. The van der Waals surface area contributed by atoms with Gasteiger partial charge in [0.05, 0.1) is 10.5 Å². The van der Waals surface area contributed by atoms with E-state index in [1.807, 2.05) is 6.92 Å². The highest BCUT2D eigenvalue weighted by Crippen LogP contribution is 2.67. The zero-order valence-electron chi connectivity index (χ0n) is 17.5. The molecule has 0 bridgehead atoms. The molecule has 10 heteroatoms. The van der Waals surface area contributed by atoms with Crippen molar-refractivity contribution in [2.24, 2.45) is 0 Å². The highest BCUT2D eigenvalue weighted by molar-refractivity contribution is 6.48. The first-order valence-electron chi connectivity index (χ1n) is 10.4. The van der Waals surface area contributed by atoms with Crippen LogP contribution >= 0.6 is 0 Å². The molecule has 0 radical (unpaired) electrons. The first-order valence-corrected chi connectivity index (χ1v) is 10.4. The molecule has 3 aliphatic rings. The van der Waals surface area contributed by atoms with E-state index < -0.39 is 33.7 Å². The first-order chi connectivity index (χ1) is 15.6. The number of hydrogen-bond donors (Lipinski definition) is 3. The molecular formula is C23H20N2O8. The molecule has 3 N–H and O–H groups in total. The average Bonchev–Trinajstić information content (AvgIpc) is 3.27. The summed E-state index contributed by atoms with van der Waals surface area (Å²) < 4.78 is 5.94. The van der Waals surface area contributed by atoms with Crippen LogP contribution in [-0.4, -0.2) is 48.9 Å². The van der Waals surface area contributed by atoms with Gasteiger partial charge in [-0.15, -0.1) is 0 Å². The Morgan fingerprint density at radius 3 is 2.27 bits per heavy atom. The van der Waals surface area contributed by atoms with Crippen molar-refractivity contribution in [3.05, 3.63) is 80.9 Å². The lowest BCUT2D eigenvalue weighted by Crippen LogP contribution is -2.66. The van der Waals surface area contributed by atoms with Crippen LogP contribution in [0.1, 0.15) is 36.5 Å². The summed E-state index contributed by atoms with van der Waals surface area (Å²) in [5, 5.41) is 45.9. The predicted molar refractivity (Wildman–Crippen MR) is 112 cm³/mol. The Balaban J connectivity index is 1.82. The second-order valence-corrected chi connectivity index (χ2v) is 8.32. The normalized spacial score (nSPS) is 26.8. The van der Waals surface area contributed by atoms with Gasteiger partial charge in [0.1, 0.15) is 5.76 Å². The highest BCUT2D eigenvalue weighted by atomic mass is 16.6. The predicted octanol–water partition coefficient (Wildman–Crippen LogP) is 1.28. The summed E-state index contributed by atoms with van der Waals surface area (Å²) in [5.41, 5.74) is -2.85. The molecule has 170 valence electrons. The van der Waals surface area contributed by atoms with Crippen molar-refractivity contribution in [3.8, 4) is 0 Å². The van der Waals surface area contributed by atoms with E-state index in [1.54, 1.807) is 6.07 Å². The third-order valence-electron chi connectivity index (χ3n) is 6.65. The number of ether oxygens (including phenoxy) is 1. The van der Waals surface area contributed by atoms with Crippen LogP contribution in [0.15, 0.2) is 54.1 Å². The number of unbranched alkanes of at least 4 members (excludes halogenated alkanes) is 1. The fourth-order valence-corrected chi connectivity index (χ4v) is 5.22. The Morgan fingerprint density at radius 2 is 1.67 bits per heavy atom. The van der Waals surface area contributed by atoms with Crippen molar-refractivity contribution in [2.45, 2.75) is 36.9 Å². The summed E-state index contributed by atoms with van der Waals surface area (Å²) in [7, 11) is 0. The summed E-state index contributed by atoms with van der Waals surface area (Å²) in [5.74, 6) is -7.58. The number of likely N-dealkylation sites (tertiary alicyclic amines) is 1. The van der Waals surface area contributed by atoms with E-state index in [4.69, 9.17) is 4.74 Å². The summed E-state index contributed by atoms with van der Waals surface area (Å²) in [6.45, 7) is 1.84. The number of nitro groups is 1. The molecule has 2 aliphatic heterocycles. The quantitative estimate of drug-likeness (QED) is 0.266. The molecule has 10 nitrogen and oxygen atoms in total. The van der Waals surface area contributed by atoms with Gasteiger partial charge >= 0.3 is 0 Å². The van der Waals surface area contributed by atoms with Crippen molar-refractivity contribution in [2.75, 3.05) is 6.54 Å². The van der Waals surface area contributed by atoms with Gasteiger partial charge in [0.25, 0.3) is 23.2 Å². The number of non-ortho nitro benzene ring substituents is 1. The molecule has 33 heavy (non-hydrogen) atoms. The van der Waals surface area contributed by atoms with E-state index in [0.29, 0.717) is 12.8 Å². The summed E-state index contributed by atoms with van der Waals surface area (Å²) >= 11 is 0. The third-order valence-corrected chi connectivity index (χ3v) is 6.65. The number of aliphatic hydroxyl groups is 3. The molecule has 0 unspecified atom stereocenters. The van der Waals surface area contributed by atoms with E-state index in [2.05, 4.69) is 0 Å². The van der Waals surface area contributed by atoms with Gasteiger partial charge in [0.15, 0.2) is 0 Å². The molecular weight excluding hydrogens is 432 g/mol. The van der Waals surface area contributed by atoms with Crippen molar-refractivity contribution in [1.82, 2.24) is 4.90 Å². The Bertz CT molecular complexity index is 1250. The zero-order chi connectivity index (χ0) is 23.8. The number of ketones is 1. The lowest BCUT2D eigenvalue weighted by molar-refractivity contribution is -0.384. The molecule has 1 aliphatic carbocycles.